The van der Waals surface area contributed by atoms with Crippen LogP contribution < -0.4 is 9.47 Å². The monoisotopic (exact) mass is 368 g/mol. The number of hydrogen-bond donors (Lipinski definition) is 0. The molecule has 1 amide bonds. The van der Waals surface area contributed by atoms with E-state index in [-0.39, 0.29) is 11.9 Å². The van der Waals surface area contributed by atoms with E-state index in [0.717, 1.165) is 57.1 Å². The number of benzene rings is 1. The fraction of sp³-hybridized carbons (Fsp3) is 0.500. The van der Waals surface area contributed by atoms with Crippen LogP contribution in [-0.2, 0) is 17.9 Å². The lowest BCUT2D eigenvalue weighted by molar-refractivity contribution is -0.131. The Hall–Kier alpha value is -2.54. The summed E-state index contributed by atoms with van der Waals surface area (Å²) in [4.78, 5) is 17.1. The highest BCUT2D eigenvalue weighted by Gasteiger charge is 2.30. The van der Waals surface area contributed by atoms with Crippen molar-refractivity contribution in [3.8, 4) is 11.5 Å². The summed E-state index contributed by atoms with van der Waals surface area (Å²) in [6.07, 6.45) is 4.61. The van der Waals surface area contributed by atoms with Crippen molar-refractivity contribution in [1.29, 1.82) is 0 Å². The van der Waals surface area contributed by atoms with Crippen molar-refractivity contribution >= 4 is 5.91 Å². The molecule has 0 bridgehead atoms. The zero-order valence-electron chi connectivity index (χ0n) is 15.3. The Balaban J connectivity index is 1.31. The van der Waals surface area contributed by atoms with E-state index in [2.05, 4.69) is 28.2 Å². The van der Waals surface area contributed by atoms with Crippen LogP contribution in [0.25, 0.3) is 0 Å². The molecule has 3 aliphatic heterocycles. The molecule has 5 rings (SSSR count). The first-order valence-electron chi connectivity index (χ1n) is 9.67. The van der Waals surface area contributed by atoms with Crippen molar-refractivity contribution in [1.82, 2.24) is 19.6 Å². The molecule has 1 aromatic heterocycles. The fourth-order valence-corrected chi connectivity index (χ4v) is 4.33. The molecule has 142 valence electrons. The number of hydrogen-bond acceptors (Lipinski definition) is 5. The minimum atomic E-state index is 0.0888. The van der Waals surface area contributed by atoms with Gasteiger partial charge >= 0.3 is 0 Å². The molecular weight excluding hydrogens is 344 g/mol. The van der Waals surface area contributed by atoms with E-state index < -0.39 is 0 Å². The molecule has 0 saturated carbocycles. The highest BCUT2D eigenvalue weighted by atomic mass is 16.7. The predicted molar refractivity (Wildman–Crippen MR) is 98.4 cm³/mol. The lowest BCUT2D eigenvalue weighted by atomic mass is 10.1. The van der Waals surface area contributed by atoms with Gasteiger partial charge < -0.3 is 14.4 Å². The summed E-state index contributed by atoms with van der Waals surface area (Å²) in [5.74, 6) is 1.88. The lowest BCUT2D eigenvalue weighted by Gasteiger charge is -2.34. The molecule has 0 unspecified atom stereocenters. The van der Waals surface area contributed by atoms with Gasteiger partial charge in [-0.25, -0.2) is 0 Å². The van der Waals surface area contributed by atoms with Gasteiger partial charge in [0.25, 0.3) is 0 Å². The maximum atomic E-state index is 12.7. The Morgan fingerprint density at radius 3 is 2.89 bits per heavy atom. The second kappa shape index (κ2) is 6.88. The summed E-state index contributed by atoms with van der Waals surface area (Å²) in [7, 11) is 0. The van der Waals surface area contributed by atoms with Crippen LogP contribution in [0, 0.1) is 0 Å². The molecule has 1 atom stereocenters. The van der Waals surface area contributed by atoms with E-state index in [1.165, 1.54) is 11.3 Å². The number of carbonyl (C=O) groups is 1. The molecule has 1 aromatic carbocycles. The molecule has 0 radical (unpaired) electrons. The van der Waals surface area contributed by atoms with Gasteiger partial charge in [0.2, 0.25) is 12.7 Å². The molecular formula is C20H24N4O3. The molecule has 2 aromatic rings. The van der Waals surface area contributed by atoms with Crippen LogP contribution >= 0.6 is 0 Å². The third kappa shape index (κ3) is 3.27. The van der Waals surface area contributed by atoms with Gasteiger partial charge in [0.15, 0.2) is 11.5 Å². The summed E-state index contributed by atoms with van der Waals surface area (Å²) < 4.78 is 12.9. The highest BCUT2D eigenvalue weighted by Crippen LogP contribution is 2.33. The first-order valence-corrected chi connectivity index (χ1v) is 9.67. The Morgan fingerprint density at radius 2 is 2.00 bits per heavy atom. The molecule has 27 heavy (non-hydrogen) atoms. The third-order valence-electron chi connectivity index (χ3n) is 5.66. The molecule has 1 saturated heterocycles. The van der Waals surface area contributed by atoms with Crippen molar-refractivity contribution in [2.45, 2.75) is 38.4 Å². The summed E-state index contributed by atoms with van der Waals surface area (Å²) in [5.41, 5.74) is 2.36. The van der Waals surface area contributed by atoms with Crippen LogP contribution in [0.15, 0.2) is 30.5 Å². The van der Waals surface area contributed by atoms with Crippen LogP contribution in [0.2, 0.25) is 0 Å². The summed E-state index contributed by atoms with van der Waals surface area (Å²) in [6.45, 7) is 4.57. The van der Waals surface area contributed by atoms with Crippen LogP contribution in [0.5, 0.6) is 11.5 Å². The number of rotatable bonds is 4. The molecule has 4 heterocycles. The number of ether oxygens (including phenoxy) is 2. The van der Waals surface area contributed by atoms with Gasteiger partial charge in [-0.1, -0.05) is 6.07 Å². The molecule has 0 spiro atoms. The van der Waals surface area contributed by atoms with Gasteiger partial charge in [0.1, 0.15) is 0 Å². The van der Waals surface area contributed by atoms with Gasteiger partial charge in [-0.15, -0.1) is 0 Å². The number of likely N-dealkylation sites (tertiary alicyclic amines) is 1. The van der Waals surface area contributed by atoms with E-state index in [0.29, 0.717) is 13.2 Å². The van der Waals surface area contributed by atoms with E-state index >= 15 is 0 Å². The van der Waals surface area contributed by atoms with Gasteiger partial charge in [0, 0.05) is 38.9 Å². The van der Waals surface area contributed by atoms with Crippen molar-refractivity contribution in [3.63, 3.8) is 0 Å². The Bertz CT molecular complexity index is 844. The highest BCUT2D eigenvalue weighted by molar-refractivity contribution is 5.77. The van der Waals surface area contributed by atoms with Gasteiger partial charge in [-0.2, -0.15) is 5.10 Å². The molecule has 7 heteroatoms. The predicted octanol–water partition coefficient (Wildman–Crippen LogP) is 2.18. The number of amides is 1. The van der Waals surface area contributed by atoms with E-state index in [9.17, 15) is 4.79 Å². The average Bonchev–Trinajstić information content (AvgIpc) is 3.42. The topological polar surface area (TPSA) is 59.8 Å². The largest absolute Gasteiger partial charge is 0.454 e. The lowest BCUT2D eigenvalue weighted by Crippen LogP contribution is -2.40. The molecule has 1 fully saturated rings. The fourth-order valence-electron chi connectivity index (χ4n) is 4.33. The minimum Gasteiger partial charge on any atom is -0.454 e. The maximum Gasteiger partial charge on any atom is 0.231 e. The minimum absolute atomic E-state index is 0.0888. The first-order chi connectivity index (χ1) is 13.3. The van der Waals surface area contributed by atoms with Crippen molar-refractivity contribution in [2.75, 3.05) is 26.4 Å². The second-order valence-electron chi connectivity index (χ2n) is 7.57. The smallest absolute Gasteiger partial charge is 0.231 e. The zero-order valence-corrected chi connectivity index (χ0v) is 15.3. The molecule has 3 aliphatic rings. The normalized spacial score (nSPS) is 21.5. The Kier molecular flexibility index (Phi) is 4.24. The van der Waals surface area contributed by atoms with Crippen LogP contribution in [0.3, 0.4) is 0 Å². The van der Waals surface area contributed by atoms with Crippen molar-refractivity contribution in [3.05, 3.63) is 41.7 Å². The summed E-state index contributed by atoms with van der Waals surface area (Å²) in [6, 6.07) is 8.26. The van der Waals surface area contributed by atoms with Crippen LogP contribution in [0.4, 0.5) is 0 Å². The van der Waals surface area contributed by atoms with E-state index in [1.807, 2.05) is 21.8 Å². The second-order valence-corrected chi connectivity index (χ2v) is 7.57. The van der Waals surface area contributed by atoms with E-state index in [1.54, 1.807) is 0 Å². The average molecular weight is 368 g/mol. The number of fused-ring (bicyclic) bond motifs is 2. The number of carbonyl (C=O) groups excluding carboxylic acids is 1. The number of nitrogens with zero attached hydrogens (tertiary/aromatic N) is 4. The van der Waals surface area contributed by atoms with E-state index in [4.69, 9.17) is 9.47 Å². The Labute approximate surface area is 158 Å². The standard InChI is InChI=1S/C20H24N4O3/c25-20(23-7-1-2-8-23)10-17-13-22(12-16-5-6-21-24(16)17)11-15-3-4-18-19(9-15)27-14-26-18/h3-6,9,17H,1-2,7-8,10-14H2/t17-/m1/s1. The summed E-state index contributed by atoms with van der Waals surface area (Å²) >= 11 is 0. The first kappa shape index (κ1) is 16.6. The summed E-state index contributed by atoms with van der Waals surface area (Å²) in [5, 5.41) is 4.49. The zero-order chi connectivity index (χ0) is 18.2. The Morgan fingerprint density at radius 1 is 1.15 bits per heavy atom. The quantitative estimate of drug-likeness (QED) is 0.828. The third-order valence-corrected chi connectivity index (χ3v) is 5.66. The molecule has 7 nitrogen and oxygen atoms in total. The molecule has 0 N–H and O–H groups in total. The van der Waals surface area contributed by atoms with Crippen LogP contribution in [-0.4, -0.2) is 51.9 Å². The van der Waals surface area contributed by atoms with Crippen molar-refractivity contribution < 1.29 is 14.3 Å². The van der Waals surface area contributed by atoms with Crippen molar-refractivity contribution in [2.24, 2.45) is 0 Å². The van der Waals surface area contributed by atoms with Gasteiger partial charge in [-0.3, -0.25) is 14.4 Å². The molecule has 0 aliphatic carbocycles. The van der Waals surface area contributed by atoms with Crippen LogP contribution in [0.1, 0.15) is 36.6 Å². The maximum absolute atomic E-state index is 12.7. The number of aromatic nitrogens is 2. The van der Waals surface area contributed by atoms with Gasteiger partial charge in [-0.05, 0) is 36.6 Å². The van der Waals surface area contributed by atoms with Gasteiger partial charge in [0.05, 0.1) is 18.2 Å². The SMILES string of the molecule is O=C(C[C@@H]1CN(Cc2ccc3c(c2)OCO3)Cc2ccnn21)N1CCCC1.